The van der Waals surface area contributed by atoms with Crippen LogP contribution in [0.2, 0.25) is 0 Å². The molecule has 0 atom stereocenters. The van der Waals surface area contributed by atoms with Gasteiger partial charge in [0, 0.05) is 0 Å². The number of hydrogen-bond acceptors (Lipinski definition) is 5. The van der Waals surface area contributed by atoms with E-state index >= 15 is 0 Å². The SMILES string of the molecule is Cc1nc2ccccc2nc1Cn1nnn(-c2ccccc2)c1=O. The van der Waals surface area contributed by atoms with Gasteiger partial charge in [-0.1, -0.05) is 30.3 Å². The van der Waals surface area contributed by atoms with Gasteiger partial charge in [-0.15, -0.1) is 0 Å². The highest BCUT2D eigenvalue weighted by atomic mass is 16.2. The molecular weight excluding hydrogens is 304 g/mol. The molecule has 24 heavy (non-hydrogen) atoms. The quantitative estimate of drug-likeness (QED) is 0.575. The number of tetrazole rings is 1. The maximum Gasteiger partial charge on any atom is 0.368 e. The highest BCUT2D eigenvalue weighted by molar-refractivity contribution is 5.74. The molecule has 7 nitrogen and oxygen atoms in total. The molecular formula is C17H14N6O. The Hall–Kier alpha value is -3.35. The van der Waals surface area contributed by atoms with E-state index in [1.54, 1.807) is 0 Å². The Labute approximate surface area is 137 Å². The Bertz CT molecular complexity index is 1070. The Morgan fingerprint density at radius 2 is 1.54 bits per heavy atom. The summed E-state index contributed by atoms with van der Waals surface area (Å²) < 4.78 is 2.56. The Kier molecular flexibility index (Phi) is 3.38. The van der Waals surface area contributed by atoms with Gasteiger partial charge in [0.25, 0.3) is 0 Å². The summed E-state index contributed by atoms with van der Waals surface area (Å²) in [5.74, 6) is 0. The molecule has 2 aromatic carbocycles. The summed E-state index contributed by atoms with van der Waals surface area (Å²) in [5, 5.41) is 7.90. The molecule has 4 rings (SSSR count). The lowest BCUT2D eigenvalue weighted by Crippen LogP contribution is -2.25. The number of benzene rings is 2. The van der Waals surface area contributed by atoms with Crippen LogP contribution in [0.4, 0.5) is 0 Å². The smallest absolute Gasteiger partial charge is 0.250 e. The fraction of sp³-hybridized carbons (Fsp3) is 0.118. The van der Waals surface area contributed by atoms with Crippen molar-refractivity contribution in [3.8, 4) is 5.69 Å². The molecule has 0 amide bonds. The number of rotatable bonds is 3. The molecule has 0 N–H and O–H groups in total. The van der Waals surface area contributed by atoms with Crippen molar-refractivity contribution in [2.24, 2.45) is 0 Å². The van der Waals surface area contributed by atoms with Gasteiger partial charge in [-0.05, 0) is 41.6 Å². The molecule has 2 aromatic heterocycles. The fourth-order valence-corrected chi connectivity index (χ4v) is 2.52. The molecule has 0 saturated carbocycles. The fourth-order valence-electron chi connectivity index (χ4n) is 2.52. The summed E-state index contributed by atoms with van der Waals surface area (Å²) in [6.07, 6.45) is 0. The largest absolute Gasteiger partial charge is 0.368 e. The maximum absolute atomic E-state index is 12.5. The number of hydrogen-bond donors (Lipinski definition) is 0. The predicted octanol–water partition coefficient (Wildman–Crippen LogP) is 1.73. The molecule has 0 spiro atoms. The van der Waals surface area contributed by atoms with E-state index in [-0.39, 0.29) is 12.2 Å². The van der Waals surface area contributed by atoms with Crippen LogP contribution < -0.4 is 5.69 Å². The van der Waals surface area contributed by atoms with Crippen LogP contribution >= 0.6 is 0 Å². The van der Waals surface area contributed by atoms with E-state index in [1.165, 1.54) is 9.36 Å². The van der Waals surface area contributed by atoms with E-state index in [9.17, 15) is 4.79 Å². The lowest BCUT2D eigenvalue weighted by molar-refractivity contribution is 0.618. The van der Waals surface area contributed by atoms with Crippen LogP contribution in [-0.4, -0.2) is 29.8 Å². The first kappa shape index (κ1) is 14.3. The summed E-state index contributed by atoms with van der Waals surface area (Å²) in [4.78, 5) is 21.6. The van der Waals surface area contributed by atoms with Gasteiger partial charge >= 0.3 is 5.69 Å². The highest BCUT2D eigenvalue weighted by Crippen LogP contribution is 2.12. The molecule has 0 aliphatic rings. The molecule has 118 valence electrons. The number of para-hydroxylation sites is 3. The third kappa shape index (κ3) is 2.45. The van der Waals surface area contributed by atoms with Crippen molar-refractivity contribution in [2.45, 2.75) is 13.5 Å². The van der Waals surface area contributed by atoms with Crippen LogP contribution in [0.1, 0.15) is 11.4 Å². The second-order valence-electron chi connectivity index (χ2n) is 5.41. The van der Waals surface area contributed by atoms with Crippen LogP contribution in [0.25, 0.3) is 16.7 Å². The van der Waals surface area contributed by atoms with E-state index in [0.29, 0.717) is 11.4 Å². The van der Waals surface area contributed by atoms with Gasteiger partial charge in [-0.3, -0.25) is 0 Å². The van der Waals surface area contributed by atoms with Crippen molar-refractivity contribution in [1.82, 2.24) is 29.8 Å². The van der Waals surface area contributed by atoms with Crippen LogP contribution in [0.5, 0.6) is 0 Å². The molecule has 4 aromatic rings. The number of nitrogens with zero attached hydrogens (tertiary/aromatic N) is 6. The van der Waals surface area contributed by atoms with Crippen molar-refractivity contribution in [1.29, 1.82) is 0 Å². The van der Waals surface area contributed by atoms with Crippen LogP contribution in [0.15, 0.2) is 59.4 Å². The van der Waals surface area contributed by atoms with Gasteiger partial charge in [0.15, 0.2) is 0 Å². The maximum atomic E-state index is 12.5. The predicted molar refractivity (Wildman–Crippen MR) is 89.0 cm³/mol. The first-order valence-corrected chi connectivity index (χ1v) is 7.53. The van der Waals surface area contributed by atoms with Crippen LogP contribution in [0.3, 0.4) is 0 Å². The minimum absolute atomic E-state index is 0.231. The third-order valence-electron chi connectivity index (χ3n) is 3.78. The average molecular weight is 318 g/mol. The van der Waals surface area contributed by atoms with Crippen LogP contribution in [-0.2, 0) is 6.54 Å². The normalized spacial score (nSPS) is 11.0. The molecule has 0 fully saturated rings. The van der Waals surface area contributed by atoms with Crippen molar-refractivity contribution in [3.05, 3.63) is 76.5 Å². The Balaban J connectivity index is 1.73. The van der Waals surface area contributed by atoms with Crippen molar-refractivity contribution >= 4 is 11.0 Å². The number of fused-ring (bicyclic) bond motifs is 1. The summed E-state index contributed by atoms with van der Waals surface area (Å²) in [6.45, 7) is 2.11. The zero-order chi connectivity index (χ0) is 16.5. The van der Waals surface area contributed by atoms with Gasteiger partial charge < -0.3 is 0 Å². The zero-order valence-electron chi connectivity index (χ0n) is 13.0. The zero-order valence-corrected chi connectivity index (χ0v) is 13.0. The summed E-state index contributed by atoms with van der Waals surface area (Å²) in [7, 11) is 0. The molecule has 0 unspecified atom stereocenters. The molecule has 7 heteroatoms. The molecule has 2 heterocycles. The van der Waals surface area contributed by atoms with E-state index in [0.717, 1.165) is 16.7 Å². The van der Waals surface area contributed by atoms with Crippen molar-refractivity contribution < 1.29 is 0 Å². The lowest BCUT2D eigenvalue weighted by Gasteiger charge is -2.05. The standard InChI is InChI=1S/C17H14N6O/c1-12-16(19-15-10-6-5-9-14(15)18-12)11-22-17(24)23(21-20-22)13-7-3-2-4-8-13/h2-10H,11H2,1H3. The number of aryl methyl sites for hydroxylation is 1. The second-order valence-corrected chi connectivity index (χ2v) is 5.41. The molecule has 0 radical (unpaired) electrons. The Morgan fingerprint density at radius 3 is 2.29 bits per heavy atom. The second kappa shape index (κ2) is 5.69. The highest BCUT2D eigenvalue weighted by Gasteiger charge is 2.12. The van der Waals surface area contributed by atoms with Gasteiger partial charge in [-0.2, -0.15) is 9.36 Å². The minimum atomic E-state index is -0.310. The van der Waals surface area contributed by atoms with E-state index < -0.39 is 0 Å². The first-order chi connectivity index (χ1) is 11.7. The van der Waals surface area contributed by atoms with Gasteiger partial charge in [0.2, 0.25) is 0 Å². The summed E-state index contributed by atoms with van der Waals surface area (Å²) >= 11 is 0. The topological polar surface area (TPSA) is 78.5 Å². The van der Waals surface area contributed by atoms with Crippen molar-refractivity contribution in [3.63, 3.8) is 0 Å². The summed E-state index contributed by atoms with van der Waals surface area (Å²) in [5.41, 5.74) is 3.47. The van der Waals surface area contributed by atoms with E-state index in [1.807, 2.05) is 61.5 Å². The van der Waals surface area contributed by atoms with E-state index in [2.05, 4.69) is 20.4 Å². The molecule has 0 saturated heterocycles. The number of aromatic nitrogens is 6. The van der Waals surface area contributed by atoms with Crippen molar-refractivity contribution in [2.75, 3.05) is 0 Å². The van der Waals surface area contributed by atoms with Gasteiger partial charge in [0.05, 0.1) is 34.7 Å². The van der Waals surface area contributed by atoms with Gasteiger partial charge in [0.1, 0.15) is 0 Å². The monoisotopic (exact) mass is 318 g/mol. The van der Waals surface area contributed by atoms with E-state index in [4.69, 9.17) is 0 Å². The minimum Gasteiger partial charge on any atom is -0.250 e. The molecule has 0 aliphatic carbocycles. The lowest BCUT2D eigenvalue weighted by atomic mass is 10.2. The molecule has 0 aliphatic heterocycles. The Morgan fingerprint density at radius 1 is 0.875 bits per heavy atom. The van der Waals surface area contributed by atoms with Gasteiger partial charge in [-0.25, -0.2) is 14.8 Å². The molecule has 0 bridgehead atoms. The van der Waals surface area contributed by atoms with Crippen LogP contribution in [0, 0.1) is 6.92 Å². The first-order valence-electron chi connectivity index (χ1n) is 7.53. The third-order valence-corrected chi connectivity index (χ3v) is 3.78. The summed E-state index contributed by atoms with van der Waals surface area (Å²) in [6, 6.07) is 16.8. The average Bonchev–Trinajstić information content (AvgIpc) is 2.97.